The fraction of sp³-hybridized carbons (Fsp3) is 1.00. The summed E-state index contributed by atoms with van der Waals surface area (Å²) in [5.41, 5.74) is 0. The van der Waals surface area contributed by atoms with E-state index in [0.29, 0.717) is 12.8 Å². The van der Waals surface area contributed by atoms with Gasteiger partial charge in [-0.2, -0.15) is 13.2 Å². The highest BCUT2D eigenvalue weighted by Crippen LogP contribution is 2.38. The van der Waals surface area contributed by atoms with Crippen LogP contribution in [0, 0.1) is 0 Å². The topological polar surface area (TPSA) is 52.6 Å². The third-order valence-corrected chi connectivity index (χ3v) is 3.34. The first-order chi connectivity index (χ1) is 7.15. The Balaban J connectivity index is 3.52. The first kappa shape index (κ1) is 15.9. The minimum atomic E-state index is -4.14. The SMILES string of the molecule is CN(C)P(=O)([O-])OCCCCCC(F)(F)F. The summed E-state index contributed by atoms with van der Waals surface area (Å²) in [6, 6.07) is 0. The number of hydrogen-bond acceptors (Lipinski definition) is 3. The Morgan fingerprint density at radius 2 is 1.81 bits per heavy atom. The van der Waals surface area contributed by atoms with Gasteiger partial charge in [0.05, 0.1) is 6.61 Å². The summed E-state index contributed by atoms with van der Waals surface area (Å²) >= 11 is 0. The molecule has 0 aliphatic rings. The van der Waals surface area contributed by atoms with E-state index in [0.717, 1.165) is 4.67 Å². The van der Waals surface area contributed by atoms with Crippen molar-refractivity contribution in [1.82, 2.24) is 4.67 Å². The molecule has 0 rings (SSSR count). The van der Waals surface area contributed by atoms with Crippen molar-refractivity contribution in [2.45, 2.75) is 31.9 Å². The first-order valence-electron chi connectivity index (χ1n) is 4.85. The smallest absolute Gasteiger partial charge is 0.389 e. The second-order valence-corrected chi connectivity index (χ2v) is 5.57. The van der Waals surface area contributed by atoms with Gasteiger partial charge in [-0.15, -0.1) is 0 Å². The molecule has 0 spiro atoms. The van der Waals surface area contributed by atoms with Crippen LogP contribution in [-0.2, 0) is 9.09 Å². The number of nitrogens with zero attached hydrogens (tertiary/aromatic N) is 1. The van der Waals surface area contributed by atoms with Gasteiger partial charge in [0.25, 0.3) is 0 Å². The molecule has 0 N–H and O–H groups in total. The van der Waals surface area contributed by atoms with Gasteiger partial charge in [-0.25, -0.2) is 4.67 Å². The molecule has 0 saturated heterocycles. The maximum absolute atomic E-state index is 11.7. The fourth-order valence-electron chi connectivity index (χ4n) is 0.900. The Morgan fingerprint density at radius 1 is 1.25 bits per heavy atom. The van der Waals surface area contributed by atoms with Gasteiger partial charge >= 0.3 is 6.18 Å². The van der Waals surface area contributed by atoms with Crippen molar-refractivity contribution in [3.63, 3.8) is 0 Å². The van der Waals surface area contributed by atoms with Crippen molar-refractivity contribution >= 4 is 7.75 Å². The number of rotatable bonds is 7. The maximum atomic E-state index is 11.7. The van der Waals surface area contributed by atoms with E-state index < -0.39 is 20.3 Å². The predicted molar refractivity (Wildman–Crippen MR) is 51.8 cm³/mol. The van der Waals surface area contributed by atoms with Crippen molar-refractivity contribution in [2.24, 2.45) is 0 Å². The first-order valence-corrected chi connectivity index (χ1v) is 6.35. The molecule has 4 nitrogen and oxygen atoms in total. The average Bonchev–Trinajstić information content (AvgIpc) is 2.09. The number of alkyl halides is 3. The molecular weight excluding hydrogens is 246 g/mol. The molecule has 16 heavy (non-hydrogen) atoms. The molecule has 0 radical (unpaired) electrons. The zero-order chi connectivity index (χ0) is 12.8. The van der Waals surface area contributed by atoms with Gasteiger partial charge in [0.1, 0.15) is 0 Å². The van der Waals surface area contributed by atoms with Crippen LogP contribution in [0.25, 0.3) is 0 Å². The predicted octanol–water partition coefficient (Wildman–Crippen LogP) is 2.16. The molecule has 0 fully saturated rings. The second-order valence-electron chi connectivity index (χ2n) is 3.57. The minimum absolute atomic E-state index is 0.00200. The molecule has 8 heteroatoms. The highest BCUT2D eigenvalue weighted by Gasteiger charge is 2.25. The maximum Gasteiger partial charge on any atom is 0.389 e. The highest BCUT2D eigenvalue weighted by atomic mass is 31.2. The Bertz CT molecular complexity index is 245. The molecule has 0 amide bonds. The minimum Gasteiger partial charge on any atom is -0.766 e. The Labute approximate surface area is 93.0 Å². The summed E-state index contributed by atoms with van der Waals surface area (Å²) in [5, 5.41) is 0. The van der Waals surface area contributed by atoms with Crippen LogP contribution in [0.15, 0.2) is 0 Å². The third-order valence-electron chi connectivity index (χ3n) is 1.85. The molecule has 1 atom stereocenters. The lowest BCUT2D eigenvalue weighted by molar-refractivity contribution is -0.210. The van der Waals surface area contributed by atoms with Gasteiger partial charge < -0.3 is 9.42 Å². The van der Waals surface area contributed by atoms with Crippen LogP contribution >= 0.6 is 7.75 Å². The van der Waals surface area contributed by atoms with E-state index in [1.807, 2.05) is 0 Å². The van der Waals surface area contributed by atoms with Crippen molar-refractivity contribution < 1.29 is 27.2 Å². The van der Waals surface area contributed by atoms with Gasteiger partial charge in [-0.3, -0.25) is 4.57 Å². The zero-order valence-corrected chi connectivity index (χ0v) is 10.2. The summed E-state index contributed by atoms with van der Waals surface area (Å²) < 4.78 is 51.8. The van der Waals surface area contributed by atoms with E-state index >= 15 is 0 Å². The fourth-order valence-corrected chi connectivity index (χ4v) is 1.49. The summed E-state index contributed by atoms with van der Waals surface area (Å²) in [6.45, 7) is -0.0726. The van der Waals surface area contributed by atoms with Crippen LogP contribution in [0.4, 0.5) is 13.2 Å². The molecule has 0 saturated carbocycles. The van der Waals surface area contributed by atoms with E-state index in [4.69, 9.17) is 0 Å². The van der Waals surface area contributed by atoms with Crippen molar-refractivity contribution in [2.75, 3.05) is 20.7 Å². The molecule has 0 aliphatic heterocycles. The molecule has 0 heterocycles. The van der Waals surface area contributed by atoms with Crippen LogP contribution < -0.4 is 4.89 Å². The monoisotopic (exact) mass is 262 g/mol. The Morgan fingerprint density at radius 3 is 2.25 bits per heavy atom. The third kappa shape index (κ3) is 8.10. The van der Waals surface area contributed by atoms with Crippen LogP contribution in [0.3, 0.4) is 0 Å². The van der Waals surface area contributed by atoms with E-state index in [-0.39, 0.29) is 13.0 Å². The van der Waals surface area contributed by atoms with Crippen molar-refractivity contribution in [1.29, 1.82) is 0 Å². The standard InChI is InChI=1S/C8H17F3NO3P/c1-12(2)16(13,14)15-7-5-3-4-6-8(9,10)11/h3-7H2,1-2H3,(H,13,14)/p-1. The molecular formula is C8H16F3NO3P-. The summed E-state index contributed by atoms with van der Waals surface area (Å²) in [4.78, 5) is 11.1. The van der Waals surface area contributed by atoms with Crippen LogP contribution in [-0.4, -0.2) is 31.5 Å². The Hall–Kier alpha value is -0.100. The van der Waals surface area contributed by atoms with Gasteiger partial charge in [0.2, 0.25) is 7.75 Å². The van der Waals surface area contributed by atoms with Crippen molar-refractivity contribution in [3.05, 3.63) is 0 Å². The quantitative estimate of drug-likeness (QED) is 0.521. The normalized spacial score (nSPS) is 16.4. The highest BCUT2D eigenvalue weighted by molar-refractivity contribution is 7.48. The lowest BCUT2D eigenvalue weighted by Gasteiger charge is -2.29. The Kier molecular flexibility index (Phi) is 6.55. The van der Waals surface area contributed by atoms with E-state index in [1.54, 1.807) is 0 Å². The lowest BCUT2D eigenvalue weighted by Crippen LogP contribution is -2.20. The van der Waals surface area contributed by atoms with Crippen LogP contribution in [0.5, 0.6) is 0 Å². The molecule has 0 aromatic heterocycles. The van der Waals surface area contributed by atoms with E-state index in [1.165, 1.54) is 14.1 Å². The average molecular weight is 262 g/mol. The molecule has 0 aromatic carbocycles. The van der Waals surface area contributed by atoms with Crippen LogP contribution in [0.2, 0.25) is 0 Å². The summed E-state index contributed by atoms with van der Waals surface area (Å²) in [7, 11) is -1.32. The van der Waals surface area contributed by atoms with Crippen LogP contribution in [0.1, 0.15) is 25.7 Å². The number of unbranched alkanes of at least 4 members (excludes halogenated alkanes) is 2. The van der Waals surface area contributed by atoms with Gasteiger partial charge in [0.15, 0.2) is 0 Å². The summed E-state index contributed by atoms with van der Waals surface area (Å²) in [6.07, 6.45) is -4.38. The molecule has 0 aromatic rings. The van der Waals surface area contributed by atoms with Gasteiger partial charge in [0, 0.05) is 6.42 Å². The molecule has 98 valence electrons. The largest absolute Gasteiger partial charge is 0.766 e. The molecule has 0 bridgehead atoms. The second kappa shape index (κ2) is 6.59. The molecule has 1 unspecified atom stereocenters. The van der Waals surface area contributed by atoms with Gasteiger partial charge in [-0.05, 0) is 26.9 Å². The number of hydrogen-bond donors (Lipinski definition) is 0. The van der Waals surface area contributed by atoms with Crippen molar-refractivity contribution in [3.8, 4) is 0 Å². The van der Waals surface area contributed by atoms with E-state index in [2.05, 4.69) is 4.52 Å². The lowest BCUT2D eigenvalue weighted by atomic mass is 10.2. The van der Waals surface area contributed by atoms with Gasteiger partial charge in [-0.1, -0.05) is 6.42 Å². The number of halogens is 3. The molecule has 0 aliphatic carbocycles. The van der Waals surface area contributed by atoms with E-state index in [9.17, 15) is 22.6 Å². The summed E-state index contributed by atoms with van der Waals surface area (Å²) in [5.74, 6) is 0. The zero-order valence-electron chi connectivity index (χ0n) is 9.29.